The van der Waals surface area contributed by atoms with E-state index < -0.39 is 0 Å². The highest BCUT2D eigenvalue weighted by molar-refractivity contribution is 5.32. The number of nitrogens with zero attached hydrogens (tertiary/aromatic N) is 1. The summed E-state index contributed by atoms with van der Waals surface area (Å²) >= 11 is 0. The maximum atomic E-state index is 8.84. The second-order valence-electron chi connectivity index (χ2n) is 4.97. The first-order valence-electron chi connectivity index (χ1n) is 6.43. The van der Waals surface area contributed by atoms with Gasteiger partial charge in [-0.05, 0) is 44.4 Å². The highest BCUT2D eigenvalue weighted by atomic mass is 16.5. The summed E-state index contributed by atoms with van der Waals surface area (Å²) in [5, 5.41) is 8.84. The molecule has 1 aromatic carbocycles. The van der Waals surface area contributed by atoms with Gasteiger partial charge in [0.2, 0.25) is 0 Å². The summed E-state index contributed by atoms with van der Waals surface area (Å²) in [6, 6.07) is 9.72. The molecule has 3 heteroatoms. The predicted octanol–water partition coefficient (Wildman–Crippen LogP) is 3.03. The molecule has 0 spiro atoms. The SMILES string of the molecule is CC1CC(OCc2cccc(C#N)c2)CC(C)O1. The van der Waals surface area contributed by atoms with E-state index in [-0.39, 0.29) is 18.3 Å². The fraction of sp³-hybridized carbons (Fsp3) is 0.533. The molecule has 1 aliphatic rings. The van der Waals surface area contributed by atoms with E-state index in [2.05, 4.69) is 19.9 Å². The Hall–Kier alpha value is -1.37. The van der Waals surface area contributed by atoms with Gasteiger partial charge in [0.15, 0.2) is 0 Å². The van der Waals surface area contributed by atoms with Crippen molar-refractivity contribution in [3.05, 3.63) is 35.4 Å². The van der Waals surface area contributed by atoms with Gasteiger partial charge >= 0.3 is 0 Å². The Morgan fingerprint density at radius 1 is 1.33 bits per heavy atom. The molecule has 18 heavy (non-hydrogen) atoms. The minimum Gasteiger partial charge on any atom is -0.375 e. The zero-order valence-corrected chi connectivity index (χ0v) is 10.9. The van der Waals surface area contributed by atoms with E-state index in [4.69, 9.17) is 14.7 Å². The first kappa shape index (κ1) is 13.1. The van der Waals surface area contributed by atoms with E-state index in [1.54, 1.807) is 0 Å². The molecule has 0 aliphatic carbocycles. The second kappa shape index (κ2) is 5.99. The molecule has 3 nitrogen and oxygen atoms in total. The molecule has 0 saturated carbocycles. The third-order valence-corrected chi connectivity index (χ3v) is 3.20. The van der Waals surface area contributed by atoms with Gasteiger partial charge in [0.05, 0.1) is 36.6 Å². The van der Waals surface area contributed by atoms with Crippen molar-refractivity contribution >= 4 is 0 Å². The molecule has 96 valence electrons. The van der Waals surface area contributed by atoms with Crippen LogP contribution in [0.3, 0.4) is 0 Å². The van der Waals surface area contributed by atoms with Crippen LogP contribution in [0.4, 0.5) is 0 Å². The van der Waals surface area contributed by atoms with Gasteiger partial charge < -0.3 is 9.47 Å². The maximum absolute atomic E-state index is 8.84. The Bertz CT molecular complexity index is 428. The zero-order chi connectivity index (χ0) is 13.0. The van der Waals surface area contributed by atoms with E-state index in [9.17, 15) is 0 Å². The lowest BCUT2D eigenvalue weighted by molar-refractivity contribution is -0.106. The van der Waals surface area contributed by atoms with Gasteiger partial charge in [-0.15, -0.1) is 0 Å². The van der Waals surface area contributed by atoms with Gasteiger partial charge in [-0.3, -0.25) is 0 Å². The Balaban J connectivity index is 1.89. The number of nitriles is 1. The van der Waals surface area contributed by atoms with Gasteiger partial charge in [-0.2, -0.15) is 5.26 Å². The Morgan fingerprint density at radius 2 is 2.06 bits per heavy atom. The Kier molecular flexibility index (Phi) is 4.35. The minimum atomic E-state index is 0.259. The lowest BCUT2D eigenvalue weighted by Gasteiger charge is -2.32. The first-order valence-corrected chi connectivity index (χ1v) is 6.43. The van der Waals surface area contributed by atoms with Crippen molar-refractivity contribution in [2.75, 3.05) is 0 Å². The van der Waals surface area contributed by atoms with Crippen LogP contribution in [0, 0.1) is 11.3 Å². The largest absolute Gasteiger partial charge is 0.375 e. The maximum Gasteiger partial charge on any atom is 0.0991 e. The van der Waals surface area contributed by atoms with Crippen LogP contribution in [0.1, 0.15) is 37.8 Å². The smallest absolute Gasteiger partial charge is 0.0991 e. The topological polar surface area (TPSA) is 42.2 Å². The van der Waals surface area contributed by atoms with Crippen molar-refractivity contribution in [2.45, 2.75) is 51.6 Å². The van der Waals surface area contributed by atoms with E-state index in [1.165, 1.54) is 0 Å². The number of ether oxygens (including phenoxy) is 2. The lowest BCUT2D eigenvalue weighted by Crippen LogP contribution is -2.33. The van der Waals surface area contributed by atoms with Gasteiger partial charge in [-0.25, -0.2) is 0 Å². The van der Waals surface area contributed by atoms with Crippen molar-refractivity contribution in [2.24, 2.45) is 0 Å². The summed E-state index contributed by atoms with van der Waals surface area (Å²) in [5.74, 6) is 0. The number of rotatable bonds is 3. The number of benzene rings is 1. The number of hydrogen-bond donors (Lipinski definition) is 0. The van der Waals surface area contributed by atoms with E-state index in [0.717, 1.165) is 18.4 Å². The Morgan fingerprint density at radius 3 is 2.72 bits per heavy atom. The van der Waals surface area contributed by atoms with Crippen LogP contribution in [0.5, 0.6) is 0 Å². The summed E-state index contributed by atoms with van der Waals surface area (Å²) in [6.45, 7) is 4.74. The molecule has 1 aromatic rings. The van der Waals surface area contributed by atoms with Crippen molar-refractivity contribution < 1.29 is 9.47 Å². The molecular formula is C15H19NO2. The highest BCUT2D eigenvalue weighted by Crippen LogP contribution is 2.22. The van der Waals surface area contributed by atoms with Crippen molar-refractivity contribution in [1.82, 2.24) is 0 Å². The van der Waals surface area contributed by atoms with Crippen LogP contribution >= 0.6 is 0 Å². The molecule has 1 aliphatic heterocycles. The molecule has 2 rings (SSSR count). The summed E-state index contributed by atoms with van der Waals surface area (Å²) < 4.78 is 11.6. The summed E-state index contributed by atoms with van der Waals surface area (Å²) in [6.07, 6.45) is 2.69. The van der Waals surface area contributed by atoms with Crippen LogP contribution in [-0.4, -0.2) is 18.3 Å². The third-order valence-electron chi connectivity index (χ3n) is 3.20. The summed E-state index contributed by atoms with van der Waals surface area (Å²) in [4.78, 5) is 0. The monoisotopic (exact) mass is 245 g/mol. The van der Waals surface area contributed by atoms with Crippen molar-refractivity contribution in [3.8, 4) is 6.07 Å². The molecule has 0 radical (unpaired) electrons. The Labute approximate surface area is 108 Å². The fourth-order valence-corrected chi connectivity index (χ4v) is 2.43. The van der Waals surface area contributed by atoms with Gasteiger partial charge in [0.1, 0.15) is 0 Å². The van der Waals surface area contributed by atoms with Crippen LogP contribution in [0.15, 0.2) is 24.3 Å². The number of hydrogen-bond acceptors (Lipinski definition) is 3. The molecule has 0 aromatic heterocycles. The molecule has 2 atom stereocenters. The quantitative estimate of drug-likeness (QED) is 0.822. The van der Waals surface area contributed by atoms with Crippen molar-refractivity contribution in [3.63, 3.8) is 0 Å². The van der Waals surface area contributed by atoms with Crippen LogP contribution in [0.25, 0.3) is 0 Å². The average Bonchev–Trinajstić information content (AvgIpc) is 2.35. The van der Waals surface area contributed by atoms with E-state index in [1.807, 2.05) is 24.3 Å². The highest BCUT2D eigenvalue weighted by Gasteiger charge is 2.24. The van der Waals surface area contributed by atoms with Gasteiger partial charge in [0, 0.05) is 0 Å². The molecule has 2 unspecified atom stereocenters. The standard InChI is InChI=1S/C15H19NO2/c1-11-6-15(7-12(2)18-11)17-10-14-5-3-4-13(8-14)9-16/h3-5,8,11-12,15H,6-7,10H2,1-2H3. The molecule has 0 N–H and O–H groups in total. The molecule has 1 fully saturated rings. The lowest BCUT2D eigenvalue weighted by atomic mass is 10.0. The fourth-order valence-electron chi connectivity index (χ4n) is 2.43. The normalized spacial score (nSPS) is 27.7. The minimum absolute atomic E-state index is 0.259. The molecule has 0 amide bonds. The first-order chi connectivity index (χ1) is 8.67. The van der Waals surface area contributed by atoms with Gasteiger partial charge in [-0.1, -0.05) is 12.1 Å². The van der Waals surface area contributed by atoms with Crippen LogP contribution in [0.2, 0.25) is 0 Å². The summed E-state index contributed by atoms with van der Waals surface area (Å²) in [5.41, 5.74) is 1.74. The predicted molar refractivity (Wildman–Crippen MR) is 69.0 cm³/mol. The zero-order valence-electron chi connectivity index (χ0n) is 10.9. The molecule has 1 heterocycles. The average molecular weight is 245 g/mol. The van der Waals surface area contributed by atoms with Crippen molar-refractivity contribution in [1.29, 1.82) is 5.26 Å². The van der Waals surface area contributed by atoms with E-state index in [0.29, 0.717) is 12.2 Å². The molecule has 0 bridgehead atoms. The van der Waals surface area contributed by atoms with Gasteiger partial charge in [0.25, 0.3) is 0 Å². The third kappa shape index (κ3) is 3.56. The van der Waals surface area contributed by atoms with Crippen LogP contribution < -0.4 is 0 Å². The summed E-state index contributed by atoms with van der Waals surface area (Å²) in [7, 11) is 0. The second-order valence-corrected chi connectivity index (χ2v) is 4.97. The van der Waals surface area contributed by atoms with Crippen LogP contribution in [-0.2, 0) is 16.1 Å². The molecule has 1 saturated heterocycles. The van der Waals surface area contributed by atoms with E-state index >= 15 is 0 Å². The molecular weight excluding hydrogens is 226 g/mol.